The molecule has 1 aliphatic carbocycles. The Morgan fingerprint density at radius 1 is 1.16 bits per heavy atom. The fourth-order valence-corrected chi connectivity index (χ4v) is 4.88. The van der Waals surface area contributed by atoms with Crippen molar-refractivity contribution in [1.82, 2.24) is 20.5 Å². The molecule has 2 aliphatic rings. The van der Waals surface area contributed by atoms with Gasteiger partial charge in [0.2, 0.25) is 5.91 Å². The summed E-state index contributed by atoms with van der Waals surface area (Å²) in [6, 6.07) is 10.2. The number of amides is 2. The first-order valence-electron chi connectivity index (χ1n) is 11.4. The second kappa shape index (κ2) is 10.1. The molecule has 2 heterocycles. The summed E-state index contributed by atoms with van der Waals surface area (Å²) in [4.78, 5) is 31.0. The number of carbonyl (C=O) groups excluding carboxylic acids is 2. The van der Waals surface area contributed by atoms with E-state index in [4.69, 9.17) is 4.74 Å². The van der Waals surface area contributed by atoms with E-state index in [9.17, 15) is 9.59 Å². The fraction of sp³-hybridized carbons (Fsp3) is 0.480. The van der Waals surface area contributed by atoms with E-state index in [-0.39, 0.29) is 24.4 Å². The summed E-state index contributed by atoms with van der Waals surface area (Å²) in [7, 11) is 1.70. The number of benzene rings is 1. The van der Waals surface area contributed by atoms with Crippen LogP contribution < -0.4 is 15.4 Å². The second-order valence-electron chi connectivity index (χ2n) is 8.89. The van der Waals surface area contributed by atoms with E-state index in [0.717, 1.165) is 50.1 Å². The van der Waals surface area contributed by atoms with Crippen LogP contribution in [0.4, 0.5) is 0 Å². The van der Waals surface area contributed by atoms with Gasteiger partial charge in [0.05, 0.1) is 25.9 Å². The Labute approximate surface area is 189 Å². The number of likely N-dealkylation sites (tertiary alicyclic amines) is 1. The van der Waals surface area contributed by atoms with Crippen molar-refractivity contribution in [3.05, 3.63) is 59.4 Å². The van der Waals surface area contributed by atoms with Gasteiger partial charge in [0.1, 0.15) is 5.75 Å². The third-order valence-electron chi connectivity index (χ3n) is 6.65. The number of aryl methyl sites for hydroxylation is 1. The Balaban J connectivity index is 1.16. The minimum atomic E-state index is -0.221. The number of nitrogens with one attached hydrogen (secondary N) is 2. The summed E-state index contributed by atoms with van der Waals surface area (Å²) < 4.78 is 5.48. The largest absolute Gasteiger partial charge is 0.495 e. The minimum absolute atomic E-state index is 0.00213. The quantitative estimate of drug-likeness (QED) is 0.697. The van der Waals surface area contributed by atoms with E-state index in [1.807, 2.05) is 31.3 Å². The summed E-state index contributed by atoms with van der Waals surface area (Å²) in [6.45, 7) is 3.70. The lowest BCUT2D eigenvalue weighted by molar-refractivity contribution is -0.122. The number of rotatable bonds is 7. The maximum absolute atomic E-state index is 12.2. The van der Waals surface area contributed by atoms with Gasteiger partial charge >= 0.3 is 0 Å². The van der Waals surface area contributed by atoms with Gasteiger partial charge in [0.25, 0.3) is 5.91 Å². The Hall–Kier alpha value is -2.93. The lowest BCUT2D eigenvalue weighted by Gasteiger charge is -2.46. The number of ether oxygens (including phenoxy) is 1. The van der Waals surface area contributed by atoms with Gasteiger partial charge in [-0.15, -0.1) is 0 Å². The molecule has 0 radical (unpaired) electrons. The maximum Gasteiger partial charge on any atom is 0.251 e. The van der Waals surface area contributed by atoms with E-state index in [1.54, 1.807) is 19.4 Å². The topological polar surface area (TPSA) is 83.6 Å². The first kappa shape index (κ1) is 22.3. The number of methoxy groups -OCH3 is 1. The van der Waals surface area contributed by atoms with E-state index in [2.05, 4.69) is 26.6 Å². The zero-order valence-corrected chi connectivity index (χ0v) is 18.8. The number of hydrogen-bond donors (Lipinski definition) is 2. The van der Waals surface area contributed by atoms with Gasteiger partial charge < -0.3 is 15.4 Å². The summed E-state index contributed by atoms with van der Waals surface area (Å²) in [5.74, 6) is 1.06. The van der Waals surface area contributed by atoms with Crippen molar-refractivity contribution in [2.45, 2.75) is 50.6 Å². The van der Waals surface area contributed by atoms with Crippen LogP contribution in [0.1, 0.15) is 53.1 Å². The van der Waals surface area contributed by atoms with Gasteiger partial charge in [-0.1, -0.05) is 17.7 Å². The SMILES string of the molecule is COc1cnccc1C1CCC(N2CC(NC(=O)CNC(=O)c3cccc(C)c3)C2)CC1. The molecule has 2 aromatic rings. The van der Waals surface area contributed by atoms with E-state index < -0.39 is 0 Å². The minimum Gasteiger partial charge on any atom is -0.495 e. The molecular weight excluding hydrogens is 404 g/mol. The van der Waals surface area contributed by atoms with Crippen molar-refractivity contribution in [3.8, 4) is 5.75 Å². The molecule has 1 aromatic heterocycles. The standard InChI is InChI=1S/C25H32N4O3/c1-17-4-3-5-19(12-17)25(31)27-14-24(30)28-20-15-29(16-20)21-8-6-18(7-9-21)22-10-11-26-13-23(22)32-2/h3-5,10-13,18,20-21H,6-9,14-16H2,1-2H3,(H,27,31)(H,28,30). The highest BCUT2D eigenvalue weighted by Crippen LogP contribution is 2.39. The maximum atomic E-state index is 12.2. The smallest absolute Gasteiger partial charge is 0.251 e. The molecule has 170 valence electrons. The van der Waals surface area contributed by atoms with Crippen molar-refractivity contribution in [3.63, 3.8) is 0 Å². The van der Waals surface area contributed by atoms with E-state index in [1.165, 1.54) is 5.56 Å². The first-order chi connectivity index (χ1) is 15.5. The van der Waals surface area contributed by atoms with Crippen molar-refractivity contribution >= 4 is 11.8 Å². The molecule has 1 saturated heterocycles. The highest BCUT2D eigenvalue weighted by atomic mass is 16.5. The molecule has 0 atom stereocenters. The fourth-order valence-electron chi connectivity index (χ4n) is 4.88. The van der Waals surface area contributed by atoms with Crippen LogP contribution in [0.15, 0.2) is 42.7 Å². The first-order valence-corrected chi connectivity index (χ1v) is 11.4. The monoisotopic (exact) mass is 436 g/mol. The molecule has 0 spiro atoms. The van der Waals surface area contributed by atoms with Crippen molar-refractivity contribution < 1.29 is 14.3 Å². The third kappa shape index (κ3) is 5.27. The average molecular weight is 437 g/mol. The molecule has 0 unspecified atom stereocenters. The predicted molar refractivity (Wildman–Crippen MR) is 123 cm³/mol. The van der Waals surface area contributed by atoms with Gasteiger partial charge in [-0.25, -0.2) is 0 Å². The Morgan fingerprint density at radius 2 is 1.94 bits per heavy atom. The molecule has 7 heteroatoms. The molecule has 2 N–H and O–H groups in total. The van der Waals surface area contributed by atoms with Crippen LogP contribution in [0.5, 0.6) is 5.75 Å². The highest BCUT2D eigenvalue weighted by Gasteiger charge is 2.35. The van der Waals surface area contributed by atoms with Crippen LogP contribution in [-0.2, 0) is 4.79 Å². The molecule has 1 aromatic carbocycles. The normalized spacial score (nSPS) is 21.4. The van der Waals surface area contributed by atoms with Crippen LogP contribution in [0, 0.1) is 6.92 Å². The van der Waals surface area contributed by atoms with Crippen LogP contribution in [-0.4, -0.2) is 60.5 Å². The molecule has 2 amide bonds. The Morgan fingerprint density at radius 3 is 2.66 bits per heavy atom. The average Bonchev–Trinajstić information content (AvgIpc) is 2.79. The molecule has 32 heavy (non-hydrogen) atoms. The Bertz CT molecular complexity index is 950. The predicted octanol–water partition coefficient (Wildman–Crippen LogP) is 2.66. The number of hydrogen-bond acceptors (Lipinski definition) is 5. The Kier molecular flexibility index (Phi) is 7.05. The van der Waals surface area contributed by atoms with Crippen molar-refractivity contribution in [2.75, 3.05) is 26.7 Å². The van der Waals surface area contributed by atoms with Gasteiger partial charge in [0, 0.05) is 36.5 Å². The van der Waals surface area contributed by atoms with Crippen LogP contribution in [0.25, 0.3) is 0 Å². The van der Waals surface area contributed by atoms with E-state index >= 15 is 0 Å². The highest BCUT2D eigenvalue weighted by molar-refractivity contribution is 5.96. The second-order valence-corrected chi connectivity index (χ2v) is 8.89. The van der Waals surface area contributed by atoms with Crippen LogP contribution in [0.2, 0.25) is 0 Å². The summed E-state index contributed by atoms with van der Waals surface area (Å²) >= 11 is 0. The number of aromatic nitrogens is 1. The molecule has 0 bridgehead atoms. The lowest BCUT2D eigenvalue weighted by atomic mass is 9.80. The summed E-state index contributed by atoms with van der Waals surface area (Å²) in [5.41, 5.74) is 2.86. The third-order valence-corrected chi connectivity index (χ3v) is 6.65. The van der Waals surface area contributed by atoms with Crippen molar-refractivity contribution in [2.24, 2.45) is 0 Å². The van der Waals surface area contributed by atoms with E-state index in [0.29, 0.717) is 17.5 Å². The zero-order valence-electron chi connectivity index (χ0n) is 18.8. The molecule has 1 saturated carbocycles. The molecule has 1 aliphatic heterocycles. The number of carbonyl (C=O) groups is 2. The summed E-state index contributed by atoms with van der Waals surface area (Å²) in [6.07, 6.45) is 8.24. The summed E-state index contributed by atoms with van der Waals surface area (Å²) in [5, 5.41) is 5.74. The van der Waals surface area contributed by atoms with Crippen LogP contribution in [0.3, 0.4) is 0 Å². The molecular formula is C25H32N4O3. The zero-order chi connectivity index (χ0) is 22.5. The molecule has 7 nitrogen and oxygen atoms in total. The molecule has 4 rings (SSSR count). The molecule has 2 fully saturated rings. The van der Waals surface area contributed by atoms with Gasteiger partial charge in [-0.3, -0.25) is 19.5 Å². The van der Waals surface area contributed by atoms with Gasteiger partial charge in [-0.05, 0) is 56.7 Å². The van der Waals surface area contributed by atoms with Crippen molar-refractivity contribution in [1.29, 1.82) is 0 Å². The van der Waals surface area contributed by atoms with Crippen LogP contribution >= 0.6 is 0 Å². The number of pyridine rings is 1. The number of nitrogens with zero attached hydrogens (tertiary/aromatic N) is 2. The van der Waals surface area contributed by atoms with Gasteiger partial charge in [0.15, 0.2) is 0 Å². The lowest BCUT2D eigenvalue weighted by Crippen LogP contribution is -2.63. The van der Waals surface area contributed by atoms with Gasteiger partial charge in [-0.2, -0.15) is 0 Å².